The molecule has 102 valence electrons. The monoisotopic (exact) mass is 264 g/mol. The van der Waals surface area contributed by atoms with Gasteiger partial charge in [0.1, 0.15) is 11.8 Å². The van der Waals surface area contributed by atoms with E-state index in [1.54, 1.807) is 5.01 Å². The predicted octanol–water partition coefficient (Wildman–Crippen LogP) is 0.637. The number of imidazole rings is 1. The summed E-state index contributed by atoms with van der Waals surface area (Å²) in [4.78, 5) is 14.8. The molecule has 0 amide bonds. The smallest absolute Gasteiger partial charge is 0.251 e. The van der Waals surface area contributed by atoms with E-state index in [0.717, 1.165) is 0 Å². The van der Waals surface area contributed by atoms with Gasteiger partial charge in [-0.3, -0.25) is 5.01 Å². The van der Waals surface area contributed by atoms with Gasteiger partial charge in [0.25, 0.3) is 5.95 Å². The second kappa shape index (κ2) is 5.57. The summed E-state index contributed by atoms with van der Waals surface area (Å²) in [6, 6.07) is 0.130. The number of H-pyrrole nitrogens is 1. The lowest BCUT2D eigenvalue weighted by Crippen LogP contribution is -2.27. The molecule has 0 aliphatic heterocycles. The molecule has 4 N–H and O–H groups in total. The van der Waals surface area contributed by atoms with Gasteiger partial charge in [-0.05, 0) is 13.8 Å². The molecular weight excluding hydrogens is 248 g/mol. The van der Waals surface area contributed by atoms with Crippen molar-refractivity contribution in [2.75, 3.05) is 18.9 Å². The molecule has 9 nitrogen and oxygen atoms in total. The Bertz CT molecular complexity index is 578. The number of hydrogen-bond acceptors (Lipinski definition) is 7. The molecule has 2 aromatic heterocycles. The first kappa shape index (κ1) is 13.1. The van der Waals surface area contributed by atoms with Crippen molar-refractivity contribution in [2.24, 2.45) is 10.3 Å². The predicted molar refractivity (Wildman–Crippen MR) is 69.5 cm³/mol. The highest BCUT2D eigenvalue weighted by Crippen LogP contribution is 2.18. The zero-order valence-corrected chi connectivity index (χ0v) is 10.8. The van der Waals surface area contributed by atoms with E-state index in [2.05, 4.69) is 30.3 Å². The molecule has 0 aliphatic carbocycles. The second-order valence-corrected chi connectivity index (χ2v) is 4.19. The fraction of sp³-hybridized carbons (Fsp3) is 0.500. The first-order chi connectivity index (χ1) is 9.11. The normalized spacial score (nSPS) is 11.8. The summed E-state index contributed by atoms with van der Waals surface area (Å²) in [5.74, 6) is 0.612. The van der Waals surface area contributed by atoms with Crippen molar-refractivity contribution in [2.45, 2.75) is 19.9 Å². The van der Waals surface area contributed by atoms with Crippen LogP contribution in [0, 0.1) is 0 Å². The third-order valence-corrected chi connectivity index (χ3v) is 2.48. The van der Waals surface area contributed by atoms with Gasteiger partial charge in [-0.2, -0.15) is 4.98 Å². The van der Waals surface area contributed by atoms with Crippen LogP contribution in [0.25, 0.3) is 11.2 Å². The Morgan fingerprint density at radius 3 is 2.89 bits per heavy atom. The Morgan fingerprint density at radius 2 is 2.26 bits per heavy atom. The van der Waals surface area contributed by atoms with E-state index in [1.807, 2.05) is 13.8 Å². The van der Waals surface area contributed by atoms with Gasteiger partial charge in [-0.25, -0.2) is 9.97 Å². The minimum absolute atomic E-state index is 0.00968. The molecular formula is C10H16N8O. The van der Waals surface area contributed by atoms with E-state index in [4.69, 9.17) is 10.8 Å². The van der Waals surface area contributed by atoms with Gasteiger partial charge in [0.05, 0.1) is 13.2 Å². The third-order valence-electron chi connectivity index (χ3n) is 2.48. The fourth-order valence-electron chi connectivity index (χ4n) is 1.49. The molecule has 0 aromatic carbocycles. The lowest BCUT2D eigenvalue weighted by Gasteiger charge is -2.19. The first-order valence-corrected chi connectivity index (χ1v) is 5.87. The number of anilines is 1. The Labute approximate surface area is 109 Å². The summed E-state index contributed by atoms with van der Waals surface area (Å²) < 4.78 is 0. The SMILES string of the molecule is CC(C)N(CCO)/N=N/c1nc2ncnc(N)c2[nH]1. The number of aliphatic hydroxyl groups is 1. The maximum absolute atomic E-state index is 8.93. The Morgan fingerprint density at radius 1 is 1.47 bits per heavy atom. The van der Waals surface area contributed by atoms with Crippen molar-refractivity contribution in [3.05, 3.63) is 6.33 Å². The number of aliphatic hydroxyl groups excluding tert-OH is 1. The van der Waals surface area contributed by atoms with E-state index in [0.29, 0.717) is 29.5 Å². The zero-order valence-electron chi connectivity index (χ0n) is 10.8. The Kier molecular flexibility index (Phi) is 3.85. The Hall–Kier alpha value is -2.29. The zero-order chi connectivity index (χ0) is 13.8. The highest BCUT2D eigenvalue weighted by molar-refractivity contribution is 5.82. The van der Waals surface area contributed by atoms with Crippen molar-refractivity contribution < 1.29 is 5.11 Å². The van der Waals surface area contributed by atoms with Crippen LogP contribution in [-0.2, 0) is 0 Å². The number of aromatic nitrogens is 4. The van der Waals surface area contributed by atoms with Gasteiger partial charge >= 0.3 is 0 Å². The van der Waals surface area contributed by atoms with Crippen LogP contribution in [0.1, 0.15) is 13.8 Å². The summed E-state index contributed by atoms with van der Waals surface area (Å²) in [7, 11) is 0. The van der Waals surface area contributed by atoms with E-state index in [-0.39, 0.29) is 12.6 Å². The molecule has 0 unspecified atom stereocenters. The van der Waals surface area contributed by atoms with Crippen molar-refractivity contribution in [1.29, 1.82) is 0 Å². The minimum Gasteiger partial charge on any atom is -0.394 e. The molecule has 2 heterocycles. The number of aromatic amines is 1. The third kappa shape index (κ3) is 2.94. The average Bonchev–Trinajstić information content (AvgIpc) is 2.78. The second-order valence-electron chi connectivity index (χ2n) is 4.19. The van der Waals surface area contributed by atoms with Crippen LogP contribution >= 0.6 is 0 Å². The van der Waals surface area contributed by atoms with Gasteiger partial charge in [0.2, 0.25) is 0 Å². The van der Waals surface area contributed by atoms with Crippen molar-refractivity contribution in [3.63, 3.8) is 0 Å². The van der Waals surface area contributed by atoms with Crippen LogP contribution in [0.3, 0.4) is 0 Å². The van der Waals surface area contributed by atoms with Crippen LogP contribution in [0.4, 0.5) is 11.8 Å². The van der Waals surface area contributed by atoms with Gasteiger partial charge < -0.3 is 15.8 Å². The molecule has 0 saturated heterocycles. The highest BCUT2D eigenvalue weighted by Gasteiger charge is 2.08. The van der Waals surface area contributed by atoms with E-state index in [9.17, 15) is 0 Å². The molecule has 0 fully saturated rings. The Balaban J connectivity index is 2.22. The number of nitrogen functional groups attached to an aromatic ring is 1. The average molecular weight is 264 g/mol. The minimum atomic E-state index is 0.00968. The number of nitrogens with zero attached hydrogens (tertiary/aromatic N) is 6. The number of hydrogen-bond donors (Lipinski definition) is 3. The van der Waals surface area contributed by atoms with Crippen LogP contribution in [-0.4, -0.2) is 49.2 Å². The number of nitrogens with one attached hydrogen (secondary N) is 1. The summed E-state index contributed by atoms with van der Waals surface area (Å²) >= 11 is 0. The van der Waals surface area contributed by atoms with Gasteiger partial charge in [0, 0.05) is 6.04 Å². The summed E-state index contributed by atoms with van der Waals surface area (Å²) in [6.45, 7) is 4.33. The van der Waals surface area contributed by atoms with Gasteiger partial charge in [-0.15, -0.1) is 0 Å². The molecule has 2 aromatic rings. The quantitative estimate of drug-likeness (QED) is 0.536. The van der Waals surface area contributed by atoms with E-state index >= 15 is 0 Å². The molecule has 19 heavy (non-hydrogen) atoms. The summed E-state index contributed by atoms with van der Waals surface area (Å²) in [6.07, 6.45) is 1.34. The standard InChI is InChI=1S/C10H16N8O/c1-6(2)18(3-4-19)17-16-10-14-7-8(11)12-5-13-9(7)15-10/h5-6,19H,3-4H2,1-2H3,(H3,11,12,13,14,15)/b17-16+. The summed E-state index contributed by atoms with van der Waals surface area (Å²) in [5.41, 5.74) is 6.66. The van der Waals surface area contributed by atoms with Gasteiger partial charge in [-0.1, -0.05) is 10.3 Å². The fourth-order valence-corrected chi connectivity index (χ4v) is 1.49. The molecule has 0 atom stereocenters. The number of nitrogens with two attached hydrogens (primary N) is 1. The van der Waals surface area contributed by atoms with Gasteiger partial charge in [0.15, 0.2) is 11.5 Å². The van der Waals surface area contributed by atoms with Crippen molar-refractivity contribution in [1.82, 2.24) is 24.9 Å². The van der Waals surface area contributed by atoms with Crippen LogP contribution in [0.15, 0.2) is 16.7 Å². The summed E-state index contributed by atoms with van der Waals surface area (Å²) in [5, 5.41) is 18.6. The maximum atomic E-state index is 8.93. The molecule has 9 heteroatoms. The van der Waals surface area contributed by atoms with Crippen LogP contribution < -0.4 is 5.73 Å². The molecule has 0 spiro atoms. The molecule has 0 bridgehead atoms. The molecule has 0 aliphatic rings. The topological polar surface area (TPSA) is 129 Å². The largest absolute Gasteiger partial charge is 0.394 e. The molecule has 0 saturated carbocycles. The lowest BCUT2D eigenvalue weighted by atomic mass is 10.4. The highest BCUT2D eigenvalue weighted by atomic mass is 16.3. The van der Waals surface area contributed by atoms with E-state index in [1.165, 1.54) is 6.33 Å². The maximum Gasteiger partial charge on any atom is 0.251 e. The first-order valence-electron chi connectivity index (χ1n) is 5.87. The van der Waals surface area contributed by atoms with E-state index < -0.39 is 0 Å². The van der Waals surface area contributed by atoms with Crippen molar-refractivity contribution in [3.8, 4) is 0 Å². The van der Waals surface area contributed by atoms with Crippen molar-refractivity contribution >= 4 is 22.9 Å². The lowest BCUT2D eigenvalue weighted by molar-refractivity contribution is 0.161. The van der Waals surface area contributed by atoms with Crippen LogP contribution in [0.5, 0.6) is 0 Å². The molecule has 0 radical (unpaired) electrons. The number of rotatable bonds is 5. The molecule has 2 rings (SSSR count). The van der Waals surface area contributed by atoms with Crippen LogP contribution in [0.2, 0.25) is 0 Å². The number of fused-ring (bicyclic) bond motifs is 1.